The number of hydrogen-bond donors (Lipinski definition) is 1. The Bertz CT molecular complexity index is 767. The molecule has 1 aliphatic rings. The van der Waals surface area contributed by atoms with Gasteiger partial charge in [-0.3, -0.25) is 9.59 Å². The molecule has 7 nitrogen and oxygen atoms in total. The zero-order chi connectivity index (χ0) is 19.8. The Balaban J connectivity index is 1.61. The average molecular weight is 400 g/mol. The van der Waals surface area contributed by atoms with Gasteiger partial charge in [0.05, 0.1) is 0 Å². The van der Waals surface area contributed by atoms with Gasteiger partial charge in [0.1, 0.15) is 6.04 Å². The van der Waals surface area contributed by atoms with E-state index in [9.17, 15) is 9.59 Å². The number of nitrogens with one attached hydrogen (secondary N) is 1. The minimum absolute atomic E-state index is 0.0213. The van der Waals surface area contributed by atoms with E-state index in [4.69, 9.17) is 0 Å². The summed E-state index contributed by atoms with van der Waals surface area (Å²) in [6, 6.07) is 10.3. The van der Waals surface area contributed by atoms with E-state index < -0.39 is 6.04 Å². The number of aromatic nitrogens is 2. The maximum absolute atomic E-state index is 13.1. The molecule has 1 aromatic heterocycles. The fourth-order valence-corrected chi connectivity index (χ4v) is 3.60. The summed E-state index contributed by atoms with van der Waals surface area (Å²) in [6.45, 7) is 2.54. The Labute approximate surface area is 169 Å². The zero-order valence-electron chi connectivity index (χ0n) is 16.0. The van der Waals surface area contributed by atoms with Gasteiger partial charge in [0.25, 0.3) is 5.91 Å². The van der Waals surface area contributed by atoms with Crippen molar-refractivity contribution in [3.63, 3.8) is 0 Å². The number of thioether (sulfide) groups is 1. The molecule has 3 rings (SSSR count). The lowest BCUT2D eigenvalue weighted by atomic mass is 10.1. The van der Waals surface area contributed by atoms with Crippen molar-refractivity contribution >= 4 is 29.5 Å². The first kappa shape index (κ1) is 20.1. The van der Waals surface area contributed by atoms with Crippen molar-refractivity contribution in [2.45, 2.75) is 12.5 Å². The van der Waals surface area contributed by atoms with Crippen LogP contribution in [0.4, 0.5) is 5.95 Å². The van der Waals surface area contributed by atoms with Crippen LogP contribution in [0.5, 0.6) is 0 Å². The van der Waals surface area contributed by atoms with Gasteiger partial charge in [-0.15, -0.1) is 0 Å². The Morgan fingerprint density at radius 1 is 1.07 bits per heavy atom. The minimum atomic E-state index is -0.514. The largest absolute Gasteiger partial charge is 0.340 e. The predicted molar refractivity (Wildman–Crippen MR) is 112 cm³/mol. The van der Waals surface area contributed by atoms with Gasteiger partial charge >= 0.3 is 0 Å². The molecular formula is C20H25N5O2S. The topological polar surface area (TPSA) is 78.4 Å². The third-order valence-corrected chi connectivity index (χ3v) is 5.32. The fraction of sp³-hybridized carbons (Fsp3) is 0.400. The number of piperazine rings is 1. The van der Waals surface area contributed by atoms with Gasteiger partial charge in [-0.2, -0.15) is 11.8 Å². The van der Waals surface area contributed by atoms with Gasteiger partial charge in [0.2, 0.25) is 11.9 Å². The van der Waals surface area contributed by atoms with Gasteiger partial charge in [-0.05, 0) is 36.6 Å². The van der Waals surface area contributed by atoms with Crippen molar-refractivity contribution in [2.75, 3.05) is 43.1 Å². The number of benzene rings is 1. The van der Waals surface area contributed by atoms with Crippen LogP contribution in [-0.4, -0.2) is 70.9 Å². The molecule has 0 spiro atoms. The van der Waals surface area contributed by atoms with Crippen LogP contribution in [0.1, 0.15) is 16.8 Å². The first-order chi connectivity index (χ1) is 13.7. The summed E-state index contributed by atoms with van der Waals surface area (Å²) in [7, 11) is 0. The van der Waals surface area contributed by atoms with E-state index in [1.165, 1.54) is 0 Å². The van der Waals surface area contributed by atoms with Crippen molar-refractivity contribution in [3.05, 3.63) is 54.4 Å². The third-order valence-electron chi connectivity index (χ3n) is 4.68. The average Bonchev–Trinajstić information content (AvgIpc) is 2.77. The van der Waals surface area contributed by atoms with Crippen molar-refractivity contribution in [1.82, 2.24) is 20.2 Å². The molecule has 1 atom stereocenters. The second-order valence-corrected chi connectivity index (χ2v) is 7.52. The van der Waals surface area contributed by atoms with Crippen LogP contribution < -0.4 is 10.2 Å². The molecule has 8 heteroatoms. The normalized spacial score (nSPS) is 15.2. The number of carbonyl (C=O) groups excluding carboxylic acids is 2. The molecule has 1 N–H and O–H groups in total. The zero-order valence-corrected chi connectivity index (χ0v) is 16.8. The Morgan fingerprint density at radius 2 is 1.75 bits per heavy atom. The van der Waals surface area contributed by atoms with Crippen molar-refractivity contribution in [3.8, 4) is 0 Å². The lowest BCUT2D eigenvalue weighted by Gasteiger charge is -2.36. The van der Waals surface area contributed by atoms with Crippen LogP contribution in [0.25, 0.3) is 0 Å². The molecule has 0 unspecified atom stereocenters. The molecule has 1 fully saturated rings. The number of nitrogens with zero attached hydrogens (tertiary/aromatic N) is 4. The Kier molecular flexibility index (Phi) is 7.25. The molecule has 0 aliphatic carbocycles. The van der Waals surface area contributed by atoms with E-state index in [0.29, 0.717) is 44.1 Å². The Morgan fingerprint density at radius 3 is 2.39 bits per heavy atom. The Hall–Kier alpha value is -2.61. The van der Waals surface area contributed by atoms with E-state index in [1.807, 2.05) is 29.4 Å². The van der Waals surface area contributed by atoms with Crippen LogP contribution in [0.2, 0.25) is 0 Å². The van der Waals surface area contributed by atoms with Crippen LogP contribution in [0.15, 0.2) is 48.8 Å². The van der Waals surface area contributed by atoms with Crippen LogP contribution >= 0.6 is 11.8 Å². The number of carbonyl (C=O) groups is 2. The highest BCUT2D eigenvalue weighted by Crippen LogP contribution is 2.13. The molecule has 2 heterocycles. The van der Waals surface area contributed by atoms with E-state index in [1.54, 1.807) is 42.4 Å². The van der Waals surface area contributed by atoms with Crippen molar-refractivity contribution in [1.29, 1.82) is 0 Å². The summed E-state index contributed by atoms with van der Waals surface area (Å²) < 4.78 is 0. The van der Waals surface area contributed by atoms with Crippen molar-refractivity contribution in [2.24, 2.45) is 0 Å². The molecule has 28 heavy (non-hydrogen) atoms. The van der Waals surface area contributed by atoms with Crippen LogP contribution in [0, 0.1) is 0 Å². The summed E-state index contributed by atoms with van der Waals surface area (Å²) >= 11 is 1.67. The maximum Gasteiger partial charge on any atom is 0.251 e. The molecule has 0 saturated carbocycles. The number of anilines is 1. The smallest absolute Gasteiger partial charge is 0.251 e. The summed E-state index contributed by atoms with van der Waals surface area (Å²) in [6.07, 6.45) is 6.05. The number of hydrogen-bond acceptors (Lipinski definition) is 6. The highest BCUT2D eigenvalue weighted by Gasteiger charge is 2.29. The summed E-state index contributed by atoms with van der Waals surface area (Å²) in [4.78, 5) is 38.0. The van der Waals surface area contributed by atoms with Gasteiger partial charge in [0, 0.05) is 44.1 Å². The fourth-order valence-electron chi connectivity index (χ4n) is 3.13. The molecule has 1 aliphatic heterocycles. The highest BCUT2D eigenvalue weighted by atomic mass is 32.2. The van der Waals surface area contributed by atoms with Crippen LogP contribution in [0.3, 0.4) is 0 Å². The molecule has 2 aromatic rings. The molecule has 1 aromatic carbocycles. The SMILES string of the molecule is CSCC[C@@H](NC(=O)c1ccccc1)C(=O)N1CCN(c2ncccn2)CC1. The highest BCUT2D eigenvalue weighted by molar-refractivity contribution is 7.98. The predicted octanol–water partition coefficient (Wildman–Crippen LogP) is 1.68. The lowest BCUT2D eigenvalue weighted by molar-refractivity contribution is -0.133. The standard InChI is InChI=1S/C20H25N5O2S/c1-28-15-8-17(23-18(26)16-6-3-2-4-7-16)19(27)24-11-13-25(14-12-24)20-21-9-5-10-22-20/h2-7,9-10,17H,8,11-15H2,1H3,(H,23,26)/t17-/m1/s1. The number of amides is 2. The van der Waals surface area contributed by atoms with Gasteiger partial charge in [0.15, 0.2) is 0 Å². The molecule has 0 bridgehead atoms. The van der Waals surface area contributed by atoms with Gasteiger partial charge < -0.3 is 15.1 Å². The summed E-state index contributed by atoms with van der Waals surface area (Å²) in [5, 5.41) is 2.93. The first-order valence-electron chi connectivity index (χ1n) is 9.34. The molecule has 148 valence electrons. The van der Waals surface area contributed by atoms with Gasteiger partial charge in [-0.1, -0.05) is 18.2 Å². The number of rotatable bonds is 7. The van der Waals surface area contributed by atoms with E-state index in [0.717, 1.165) is 5.75 Å². The minimum Gasteiger partial charge on any atom is -0.340 e. The van der Waals surface area contributed by atoms with Crippen LogP contribution in [-0.2, 0) is 4.79 Å². The van der Waals surface area contributed by atoms with E-state index in [-0.39, 0.29) is 11.8 Å². The van der Waals surface area contributed by atoms with Crippen molar-refractivity contribution < 1.29 is 9.59 Å². The second-order valence-electron chi connectivity index (χ2n) is 6.53. The molecule has 0 radical (unpaired) electrons. The first-order valence-corrected chi connectivity index (χ1v) is 10.7. The van der Waals surface area contributed by atoms with E-state index >= 15 is 0 Å². The maximum atomic E-state index is 13.1. The molecule has 2 amide bonds. The quantitative estimate of drug-likeness (QED) is 0.763. The second kappa shape index (κ2) is 10.1. The van der Waals surface area contributed by atoms with Gasteiger partial charge in [-0.25, -0.2) is 9.97 Å². The monoisotopic (exact) mass is 399 g/mol. The van der Waals surface area contributed by atoms with E-state index in [2.05, 4.69) is 20.2 Å². The lowest BCUT2D eigenvalue weighted by Crippen LogP contribution is -2.55. The third kappa shape index (κ3) is 5.22. The summed E-state index contributed by atoms with van der Waals surface area (Å²) in [5.41, 5.74) is 0.565. The molecule has 1 saturated heterocycles. The summed E-state index contributed by atoms with van der Waals surface area (Å²) in [5.74, 6) is 1.26. The molecular weight excluding hydrogens is 374 g/mol.